The van der Waals surface area contributed by atoms with Crippen LogP contribution in [0.25, 0.3) is 10.9 Å². The Hall–Kier alpha value is -3.45. The number of aromatic nitrogens is 1. The number of methoxy groups -OCH3 is 2. The summed E-state index contributed by atoms with van der Waals surface area (Å²) in [7, 11) is 3.35. The van der Waals surface area contributed by atoms with E-state index in [1.165, 1.54) is 0 Å². The maximum atomic E-state index is 12.4. The first-order valence-electron chi connectivity index (χ1n) is 10.9. The van der Waals surface area contributed by atoms with Crippen LogP contribution in [0.1, 0.15) is 10.5 Å². The standard InChI is InChI=1S/C25H30N4O3/c1-31-20-9-10-21-19(17-20)18-22(27-21)25(30)26-11-5-6-12-28-13-15-29(16-14-28)23-7-3-4-8-24(23)32-2/h3-10,17-18,27H,11-16H2,1-2H3,(H,26,30)/b6-5+. The van der Waals surface area contributed by atoms with Crippen LogP contribution in [0.5, 0.6) is 11.5 Å². The molecular weight excluding hydrogens is 404 g/mol. The molecule has 0 spiro atoms. The fraction of sp³-hybridized carbons (Fsp3) is 0.320. The summed E-state index contributed by atoms with van der Waals surface area (Å²) in [4.78, 5) is 20.4. The minimum atomic E-state index is -0.116. The third-order valence-corrected chi connectivity index (χ3v) is 5.78. The van der Waals surface area contributed by atoms with Crippen LogP contribution < -0.4 is 19.7 Å². The molecule has 0 bridgehead atoms. The molecule has 1 saturated heterocycles. The molecule has 0 radical (unpaired) electrons. The third kappa shape index (κ3) is 5.06. The van der Waals surface area contributed by atoms with Crippen LogP contribution in [0.15, 0.2) is 60.7 Å². The van der Waals surface area contributed by atoms with Gasteiger partial charge in [-0.2, -0.15) is 0 Å². The third-order valence-electron chi connectivity index (χ3n) is 5.78. The van der Waals surface area contributed by atoms with Crippen molar-refractivity contribution in [2.45, 2.75) is 0 Å². The second-order valence-corrected chi connectivity index (χ2v) is 7.78. The number of aromatic amines is 1. The highest BCUT2D eigenvalue weighted by molar-refractivity contribution is 5.98. The Morgan fingerprint density at radius 2 is 1.84 bits per heavy atom. The molecule has 3 aromatic rings. The van der Waals surface area contributed by atoms with Gasteiger partial charge in [-0.1, -0.05) is 24.3 Å². The number of anilines is 1. The fourth-order valence-electron chi connectivity index (χ4n) is 3.98. The quantitative estimate of drug-likeness (QED) is 0.533. The predicted octanol–water partition coefficient (Wildman–Crippen LogP) is 3.29. The minimum Gasteiger partial charge on any atom is -0.497 e. The van der Waals surface area contributed by atoms with Crippen molar-refractivity contribution < 1.29 is 14.3 Å². The highest BCUT2D eigenvalue weighted by Crippen LogP contribution is 2.28. The van der Waals surface area contributed by atoms with Crippen molar-refractivity contribution in [1.29, 1.82) is 0 Å². The summed E-state index contributed by atoms with van der Waals surface area (Å²) in [5, 5.41) is 3.89. The maximum absolute atomic E-state index is 12.4. The van der Waals surface area contributed by atoms with E-state index in [0.29, 0.717) is 12.2 Å². The molecule has 2 aromatic carbocycles. The number of hydrogen-bond donors (Lipinski definition) is 2. The number of piperazine rings is 1. The van der Waals surface area contributed by atoms with Gasteiger partial charge in [-0.15, -0.1) is 0 Å². The molecule has 1 aromatic heterocycles. The first-order valence-corrected chi connectivity index (χ1v) is 10.9. The lowest BCUT2D eigenvalue weighted by Gasteiger charge is -2.36. The molecule has 0 atom stereocenters. The Morgan fingerprint density at radius 1 is 1.03 bits per heavy atom. The van der Waals surface area contributed by atoms with Crippen LogP contribution in [-0.4, -0.2) is 69.3 Å². The number of nitrogens with zero attached hydrogens (tertiary/aromatic N) is 2. The van der Waals surface area contributed by atoms with Crippen molar-refractivity contribution in [1.82, 2.24) is 15.2 Å². The van der Waals surface area contributed by atoms with Crippen LogP contribution in [0.3, 0.4) is 0 Å². The van der Waals surface area contributed by atoms with E-state index in [1.54, 1.807) is 14.2 Å². The van der Waals surface area contributed by atoms with Gasteiger partial charge in [-0.25, -0.2) is 0 Å². The second-order valence-electron chi connectivity index (χ2n) is 7.78. The Bertz CT molecular complexity index is 1080. The zero-order valence-electron chi connectivity index (χ0n) is 18.6. The van der Waals surface area contributed by atoms with Crippen LogP contribution >= 0.6 is 0 Å². The lowest BCUT2D eigenvalue weighted by atomic mass is 10.2. The summed E-state index contributed by atoms with van der Waals surface area (Å²) in [6.07, 6.45) is 4.13. The molecule has 168 valence electrons. The summed E-state index contributed by atoms with van der Waals surface area (Å²) >= 11 is 0. The van der Waals surface area contributed by atoms with Crippen LogP contribution in [0.4, 0.5) is 5.69 Å². The van der Waals surface area contributed by atoms with Gasteiger partial charge in [-0.05, 0) is 36.4 Å². The van der Waals surface area contributed by atoms with Gasteiger partial charge in [0, 0.05) is 50.2 Å². The Morgan fingerprint density at radius 3 is 2.62 bits per heavy atom. The number of nitrogens with one attached hydrogen (secondary N) is 2. The molecule has 1 aliphatic heterocycles. The van der Waals surface area contributed by atoms with Crippen molar-refractivity contribution in [3.63, 3.8) is 0 Å². The van der Waals surface area contributed by atoms with E-state index in [4.69, 9.17) is 9.47 Å². The number of H-pyrrole nitrogens is 1. The Balaban J connectivity index is 1.21. The summed E-state index contributed by atoms with van der Waals surface area (Å²) in [5.41, 5.74) is 2.62. The fourth-order valence-corrected chi connectivity index (χ4v) is 3.98. The zero-order chi connectivity index (χ0) is 22.3. The topological polar surface area (TPSA) is 69.8 Å². The minimum absolute atomic E-state index is 0.116. The summed E-state index contributed by atoms with van der Waals surface area (Å²) in [6, 6.07) is 15.7. The van der Waals surface area contributed by atoms with E-state index in [2.05, 4.69) is 32.2 Å². The van der Waals surface area contributed by atoms with Crippen LogP contribution in [0.2, 0.25) is 0 Å². The smallest absolute Gasteiger partial charge is 0.267 e. The number of benzene rings is 2. The highest BCUT2D eigenvalue weighted by Gasteiger charge is 2.18. The summed E-state index contributed by atoms with van der Waals surface area (Å²) < 4.78 is 10.7. The van der Waals surface area contributed by atoms with Gasteiger partial charge in [0.15, 0.2) is 0 Å². The Kier molecular flexibility index (Phi) is 6.97. The average molecular weight is 435 g/mol. The normalized spacial score (nSPS) is 14.8. The van der Waals surface area contributed by atoms with Gasteiger partial charge in [-0.3, -0.25) is 9.69 Å². The number of hydrogen-bond acceptors (Lipinski definition) is 5. The lowest BCUT2D eigenvalue weighted by molar-refractivity contribution is 0.0954. The van der Waals surface area contributed by atoms with E-state index in [1.807, 2.05) is 48.5 Å². The average Bonchev–Trinajstić information content (AvgIpc) is 3.27. The molecule has 1 aliphatic rings. The van der Waals surface area contributed by atoms with E-state index in [0.717, 1.165) is 60.8 Å². The molecule has 4 rings (SSSR count). The monoisotopic (exact) mass is 434 g/mol. The van der Waals surface area contributed by atoms with Crippen molar-refractivity contribution >= 4 is 22.5 Å². The van der Waals surface area contributed by atoms with Gasteiger partial charge in [0.2, 0.25) is 0 Å². The van der Waals surface area contributed by atoms with Crippen molar-refractivity contribution in [3.8, 4) is 11.5 Å². The van der Waals surface area contributed by atoms with E-state index in [-0.39, 0.29) is 5.91 Å². The molecule has 0 unspecified atom stereocenters. The lowest BCUT2D eigenvalue weighted by Crippen LogP contribution is -2.46. The summed E-state index contributed by atoms with van der Waals surface area (Å²) in [5.74, 6) is 1.58. The number of carbonyl (C=O) groups excluding carboxylic acids is 1. The largest absolute Gasteiger partial charge is 0.497 e. The number of amides is 1. The first-order chi connectivity index (χ1) is 15.7. The van der Waals surface area contributed by atoms with E-state index < -0.39 is 0 Å². The van der Waals surface area contributed by atoms with E-state index >= 15 is 0 Å². The van der Waals surface area contributed by atoms with Crippen molar-refractivity contribution in [2.75, 3.05) is 58.4 Å². The predicted molar refractivity (Wildman–Crippen MR) is 128 cm³/mol. The molecule has 0 aliphatic carbocycles. The number of ether oxygens (including phenoxy) is 2. The number of para-hydroxylation sites is 2. The number of fused-ring (bicyclic) bond motifs is 1. The van der Waals surface area contributed by atoms with Gasteiger partial charge < -0.3 is 24.7 Å². The van der Waals surface area contributed by atoms with Crippen LogP contribution in [0, 0.1) is 0 Å². The maximum Gasteiger partial charge on any atom is 0.267 e. The molecule has 0 saturated carbocycles. The molecule has 32 heavy (non-hydrogen) atoms. The summed E-state index contributed by atoms with van der Waals surface area (Å²) in [6.45, 7) is 5.30. The molecule has 1 amide bonds. The second kappa shape index (κ2) is 10.2. The van der Waals surface area contributed by atoms with Gasteiger partial charge >= 0.3 is 0 Å². The number of rotatable bonds is 8. The van der Waals surface area contributed by atoms with Crippen LogP contribution in [-0.2, 0) is 0 Å². The molecule has 1 fully saturated rings. The van der Waals surface area contributed by atoms with Crippen molar-refractivity contribution in [3.05, 3.63) is 66.4 Å². The van der Waals surface area contributed by atoms with Gasteiger partial charge in [0.05, 0.1) is 19.9 Å². The first kappa shape index (κ1) is 21.8. The zero-order valence-corrected chi connectivity index (χ0v) is 18.6. The molecule has 2 heterocycles. The molecule has 7 heteroatoms. The molecule has 7 nitrogen and oxygen atoms in total. The Labute approximate surface area is 188 Å². The highest BCUT2D eigenvalue weighted by atomic mass is 16.5. The SMILES string of the molecule is COc1ccc2[nH]c(C(=O)NC/C=C/CN3CCN(c4ccccc4OC)CC3)cc2c1. The van der Waals surface area contributed by atoms with E-state index in [9.17, 15) is 4.79 Å². The molecule has 2 N–H and O–H groups in total. The van der Waals surface area contributed by atoms with Gasteiger partial charge in [0.25, 0.3) is 5.91 Å². The molecular formula is C25H30N4O3. The van der Waals surface area contributed by atoms with Gasteiger partial charge in [0.1, 0.15) is 17.2 Å². The number of carbonyl (C=O) groups is 1. The van der Waals surface area contributed by atoms with Crippen molar-refractivity contribution in [2.24, 2.45) is 0 Å².